The van der Waals surface area contributed by atoms with Gasteiger partial charge in [0.1, 0.15) is 11.4 Å². The maximum Gasteiger partial charge on any atom is 0.262 e. The van der Waals surface area contributed by atoms with Gasteiger partial charge in [0.05, 0.1) is 18.3 Å². The number of piperazine rings is 1. The second-order valence-corrected chi connectivity index (χ2v) is 8.82. The van der Waals surface area contributed by atoms with Crippen molar-refractivity contribution in [1.29, 1.82) is 0 Å². The Morgan fingerprint density at radius 3 is 2.52 bits per heavy atom. The summed E-state index contributed by atoms with van der Waals surface area (Å²) in [5, 5.41) is 3.20. The Labute approximate surface area is 184 Å². The summed E-state index contributed by atoms with van der Waals surface area (Å²) in [7, 11) is 0. The van der Waals surface area contributed by atoms with Gasteiger partial charge < -0.3 is 15.1 Å². The standard InChI is InChI=1S/C22H25N5O3S/c1-15-16(2)31-21-20(15)22(30)27(14-24-21)13-18(28)23-12-19(29)26-10-8-25(9-11-26)17-6-4-3-5-7-17/h3-7,14H,8-13H2,1-2H3,(H,23,28). The molecule has 0 radical (unpaired) electrons. The highest BCUT2D eigenvalue weighted by Crippen LogP contribution is 2.25. The first kappa shape index (κ1) is 21.0. The number of aromatic nitrogens is 2. The lowest BCUT2D eigenvalue weighted by molar-refractivity contribution is -0.133. The third-order valence-corrected chi connectivity index (χ3v) is 6.78. The van der Waals surface area contributed by atoms with Gasteiger partial charge in [-0.1, -0.05) is 18.2 Å². The van der Waals surface area contributed by atoms with Gasteiger partial charge in [0.25, 0.3) is 5.56 Å². The highest BCUT2D eigenvalue weighted by Gasteiger charge is 2.21. The SMILES string of the molecule is Cc1sc2ncn(CC(=O)NCC(=O)N3CCN(c4ccccc4)CC3)c(=O)c2c1C. The second-order valence-electron chi connectivity index (χ2n) is 7.62. The van der Waals surface area contributed by atoms with Crippen LogP contribution in [0.5, 0.6) is 0 Å². The number of benzene rings is 1. The largest absolute Gasteiger partial charge is 0.368 e. The van der Waals surface area contributed by atoms with Gasteiger partial charge in [-0.2, -0.15) is 0 Å². The zero-order chi connectivity index (χ0) is 22.0. The zero-order valence-electron chi connectivity index (χ0n) is 17.6. The fourth-order valence-corrected chi connectivity index (χ4v) is 4.72. The van der Waals surface area contributed by atoms with E-state index in [1.807, 2.05) is 32.0 Å². The average Bonchev–Trinajstić information content (AvgIpc) is 3.09. The molecule has 1 saturated heterocycles. The van der Waals surface area contributed by atoms with Crippen LogP contribution >= 0.6 is 11.3 Å². The zero-order valence-corrected chi connectivity index (χ0v) is 18.4. The van der Waals surface area contributed by atoms with Crippen molar-refractivity contribution in [3.63, 3.8) is 0 Å². The van der Waals surface area contributed by atoms with E-state index in [0.29, 0.717) is 23.3 Å². The van der Waals surface area contributed by atoms with Gasteiger partial charge in [0.15, 0.2) is 0 Å². The van der Waals surface area contributed by atoms with Gasteiger partial charge in [0, 0.05) is 36.7 Å². The topological polar surface area (TPSA) is 87.5 Å². The average molecular weight is 440 g/mol. The molecule has 9 heteroatoms. The van der Waals surface area contributed by atoms with E-state index < -0.39 is 0 Å². The molecule has 1 aliphatic heterocycles. The van der Waals surface area contributed by atoms with E-state index in [1.165, 1.54) is 22.2 Å². The molecule has 162 valence electrons. The Balaban J connectivity index is 1.30. The fraction of sp³-hybridized carbons (Fsp3) is 0.364. The maximum atomic E-state index is 12.7. The Kier molecular flexibility index (Phi) is 6.03. The smallest absolute Gasteiger partial charge is 0.262 e. The number of aryl methyl sites for hydroxylation is 2. The van der Waals surface area contributed by atoms with Gasteiger partial charge in [0.2, 0.25) is 11.8 Å². The minimum atomic E-state index is -0.385. The third-order valence-electron chi connectivity index (χ3n) is 5.66. The molecule has 4 rings (SSSR count). The summed E-state index contributed by atoms with van der Waals surface area (Å²) in [6.45, 7) is 6.33. The van der Waals surface area contributed by atoms with Crippen LogP contribution in [0.25, 0.3) is 10.2 Å². The van der Waals surface area contributed by atoms with Gasteiger partial charge in [-0.25, -0.2) is 4.98 Å². The van der Waals surface area contributed by atoms with E-state index in [4.69, 9.17) is 0 Å². The van der Waals surface area contributed by atoms with Crippen molar-refractivity contribution in [2.24, 2.45) is 0 Å². The highest BCUT2D eigenvalue weighted by atomic mass is 32.1. The lowest BCUT2D eigenvalue weighted by Crippen LogP contribution is -2.51. The number of nitrogens with one attached hydrogen (secondary N) is 1. The van der Waals surface area contributed by atoms with E-state index in [1.54, 1.807) is 4.90 Å². The lowest BCUT2D eigenvalue weighted by Gasteiger charge is -2.36. The molecule has 1 aromatic carbocycles. The van der Waals surface area contributed by atoms with E-state index in [0.717, 1.165) is 29.2 Å². The van der Waals surface area contributed by atoms with Crippen molar-refractivity contribution in [1.82, 2.24) is 19.8 Å². The summed E-state index contributed by atoms with van der Waals surface area (Å²) in [6, 6.07) is 10.1. The Bertz CT molecular complexity index is 1160. The number of fused-ring (bicyclic) bond motifs is 1. The highest BCUT2D eigenvalue weighted by molar-refractivity contribution is 7.18. The number of amides is 2. The van der Waals surface area contributed by atoms with Gasteiger partial charge in [-0.3, -0.25) is 19.0 Å². The van der Waals surface area contributed by atoms with E-state index in [9.17, 15) is 14.4 Å². The van der Waals surface area contributed by atoms with Gasteiger partial charge >= 0.3 is 0 Å². The minimum Gasteiger partial charge on any atom is -0.368 e. The molecule has 0 spiro atoms. The molecule has 1 N–H and O–H groups in total. The van der Waals surface area contributed by atoms with Crippen LogP contribution in [0.2, 0.25) is 0 Å². The molecule has 3 heterocycles. The molecule has 31 heavy (non-hydrogen) atoms. The van der Waals surface area contributed by atoms with Crippen LogP contribution in [0.15, 0.2) is 41.5 Å². The Hall–Kier alpha value is -3.20. The summed E-state index contributed by atoms with van der Waals surface area (Å²) in [5.74, 6) is -0.504. The molecule has 0 atom stereocenters. The van der Waals surface area contributed by atoms with Crippen LogP contribution in [0.1, 0.15) is 10.4 Å². The molecule has 2 amide bonds. The van der Waals surface area contributed by atoms with Crippen LogP contribution in [-0.4, -0.2) is 59.0 Å². The first-order valence-electron chi connectivity index (χ1n) is 10.2. The number of thiophene rings is 1. The summed E-state index contributed by atoms with van der Waals surface area (Å²) < 4.78 is 1.29. The van der Waals surface area contributed by atoms with Crippen LogP contribution in [-0.2, 0) is 16.1 Å². The quantitative estimate of drug-likeness (QED) is 0.652. The molecule has 0 saturated carbocycles. The molecule has 3 aromatic rings. The summed E-state index contributed by atoms with van der Waals surface area (Å²) in [4.78, 5) is 47.6. The number of nitrogens with zero attached hydrogens (tertiary/aromatic N) is 4. The van der Waals surface area contributed by atoms with E-state index in [-0.39, 0.29) is 30.5 Å². The fourth-order valence-electron chi connectivity index (χ4n) is 3.73. The number of carbonyl (C=O) groups excluding carboxylic acids is 2. The number of hydrogen-bond acceptors (Lipinski definition) is 6. The summed E-state index contributed by atoms with van der Waals surface area (Å²) >= 11 is 1.47. The monoisotopic (exact) mass is 439 g/mol. The van der Waals surface area contributed by atoms with E-state index >= 15 is 0 Å². The number of anilines is 1. The Morgan fingerprint density at radius 1 is 1.10 bits per heavy atom. The molecular weight excluding hydrogens is 414 g/mol. The molecule has 8 nitrogen and oxygen atoms in total. The predicted octanol–water partition coefficient (Wildman–Crippen LogP) is 1.54. The molecule has 1 aliphatic rings. The van der Waals surface area contributed by atoms with Crippen LogP contribution in [0.4, 0.5) is 5.69 Å². The normalized spacial score (nSPS) is 14.1. The van der Waals surface area contributed by atoms with Crippen molar-refractivity contribution >= 4 is 39.1 Å². The third kappa shape index (κ3) is 4.46. The minimum absolute atomic E-state index is 0.0782. The van der Waals surface area contributed by atoms with E-state index in [2.05, 4.69) is 27.3 Å². The van der Waals surface area contributed by atoms with Crippen molar-refractivity contribution in [3.05, 3.63) is 57.5 Å². The molecule has 0 unspecified atom stereocenters. The summed E-state index contributed by atoms with van der Waals surface area (Å²) in [5.41, 5.74) is 1.82. The van der Waals surface area contributed by atoms with Crippen molar-refractivity contribution in [2.45, 2.75) is 20.4 Å². The first-order chi connectivity index (χ1) is 14.9. The number of carbonyl (C=O) groups is 2. The van der Waals surface area contributed by atoms with Crippen molar-refractivity contribution in [2.75, 3.05) is 37.6 Å². The molecular formula is C22H25N5O3S. The maximum absolute atomic E-state index is 12.7. The first-order valence-corrected chi connectivity index (χ1v) is 11.1. The summed E-state index contributed by atoms with van der Waals surface area (Å²) in [6.07, 6.45) is 1.39. The van der Waals surface area contributed by atoms with Crippen LogP contribution in [0, 0.1) is 13.8 Å². The molecule has 2 aromatic heterocycles. The van der Waals surface area contributed by atoms with Gasteiger partial charge in [-0.15, -0.1) is 11.3 Å². The molecule has 0 bridgehead atoms. The predicted molar refractivity (Wildman–Crippen MR) is 122 cm³/mol. The Morgan fingerprint density at radius 2 is 1.81 bits per heavy atom. The van der Waals surface area contributed by atoms with Crippen LogP contribution in [0.3, 0.4) is 0 Å². The van der Waals surface area contributed by atoms with Crippen molar-refractivity contribution in [3.8, 4) is 0 Å². The van der Waals surface area contributed by atoms with Crippen LogP contribution < -0.4 is 15.8 Å². The number of hydrogen-bond donors (Lipinski definition) is 1. The number of para-hydroxylation sites is 1. The lowest BCUT2D eigenvalue weighted by atomic mass is 10.2. The second kappa shape index (κ2) is 8.89. The molecule has 1 fully saturated rings. The molecule has 0 aliphatic carbocycles. The van der Waals surface area contributed by atoms with Crippen molar-refractivity contribution < 1.29 is 9.59 Å². The number of rotatable bonds is 5. The van der Waals surface area contributed by atoms with Gasteiger partial charge in [-0.05, 0) is 31.5 Å².